The molecule has 9 heteroatoms. The van der Waals surface area contributed by atoms with Crippen molar-refractivity contribution in [1.29, 1.82) is 0 Å². The van der Waals surface area contributed by atoms with Gasteiger partial charge in [-0.15, -0.1) is 0 Å². The van der Waals surface area contributed by atoms with Crippen molar-refractivity contribution in [3.8, 4) is 0 Å². The fourth-order valence-corrected chi connectivity index (χ4v) is 5.17. The number of nitrogens with zero attached hydrogens (tertiary/aromatic N) is 1. The van der Waals surface area contributed by atoms with E-state index in [1.807, 2.05) is 70.2 Å². The molecule has 3 aromatic carbocycles. The Bertz CT molecular complexity index is 1550. The first-order valence-corrected chi connectivity index (χ1v) is 15.1. The summed E-state index contributed by atoms with van der Waals surface area (Å²) in [5.74, 6) is -0.339. The maximum Gasteiger partial charge on any atom is 0.494 e. The van der Waals surface area contributed by atoms with Crippen LogP contribution in [-0.4, -0.2) is 58.9 Å². The lowest BCUT2D eigenvalue weighted by Crippen LogP contribution is -2.41. The fraction of sp³-hybridized carbons (Fsp3) is 0.343. The lowest BCUT2D eigenvalue weighted by molar-refractivity contribution is -0.129. The number of benzene rings is 3. The van der Waals surface area contributed by atoms with Gasteiger partial charge in [-0.05, 0) is 74.0 Å². The molecule has 1 saturated heterocycles. The lowest BCUT2D eigenvalue weighted by atomic mass is 9.79. The zero-order valence-corrected chi connectivity index (χ0v) is 26.0. The summed E-state index contributed by atoms with van der Waals surface area (Å²) in [6.45, 7) is 10.7. The third kappa shape index (κ3) is 7.86. The predicted molar refractivity (Wildman–Crippen MR) is 175 cm³/mol. The van der Waals surface area contributed by atoms with Gasteiger partial charge in [0.25, 0.3) is 5.91 Å². The van der Waals surface area contributed by atoms with Gasteiger partial charge >= 0.3 is 7.12 Å². The Balaban J connectivity index is 1.05. The minimum Gasteiger partial charge on any atom is -0.399 e. The van der Waals surface area contributed by atoms with Crippen LogP contribution in [0.4, 0.5) is 0 Å². The number of amides is 1. The first-order chi connectivity index (χ1) is 21.1. The van der Waals surface area contributed by atoms with Crippen LogP contribution in [0.1, 0.15) is 49.9 Å². The second-order valence-corrected chi connectivity index (χ2v) is 12.3. The molecule has 1 aromatic heterocycles. The first-order valence-electron chi connectivity index (χ1n) is 15.1. The first kappa shape index (κ1) is 31.7. The molecule has 0 radical (unpaired) electrons. The summed E-state index contributed by atoms with van der Waals surface area (Å²) >= 11 is 0. The van der Waals surface area contributed by atoms with Gasteiger partial charge in [0, 0.05) is 42.8 Å². The van der Waals surface area contributed by atoms with Crippen molar-refractivity contribution >= 4 is 35.5 Å². The van der Waals surface area contributed by atoms with E-state index in [0.29, 0.717) is 6.54 Å². The molecule has 5 rings (SSSR count). The van der Waals surface area contributed by atoms with Gasteiger partial charge in [-0.1, -0.05) is 66.7 Å². The number of hydrogen-bond donors (Lipinski definition) is 3. The van der Waals surface area contributed by atoms with Crippen molar-refractivity contribution in [1.82, 2.24) is 15.4 Å². The van der Waals surface area contributed by atoms with Gasteiger partial charge < -0.3 is 19.4 Å². The Hall–Kier alpha value is -3.73. The lowest BCUT2D eigenvalue weighted by Gasteiger charge is -2.32. The molecule has 4 aromatic rings. The maximum atomic E-state index is 12.3. The number of carbonyl (C=O) groups is 1. The van der Waals surface area contributed by atoms with Crippen molar-refractivity contribution in [2.75, 3.05) is 19.7 Å². The van der Waals surface area contributed by atoms with Crippen LogP contribution >= 0.6 is 0 Å². The van der Waals surface area contributed by atoms with E-state index in [2.05, 4.69) is 51.9 Å². The van der Waals surface area contributed by atoms with E-state index in [1.54, 1.807) is 6.08 Å². The number of aliphatic hydroxyl groups is 1. The Morgan fingerprint density at radius 1 is 0.955 bits per heavy atom. The second-order valence-electron chi connectivity index (χ2n) is 12.3. The van der Waals surface area contributed by atoms with Crippen molar-refractivity contribution in [3.63, 3.8) is 0 Å². The van der Waals surface area contributed by atoms with Gasteiger partial charge in [-0.25, -0.2) is 5.48 Å². The van der Waals surface area contributed by atoms with Gasteiger partial charge in [0.15, 0.2) is 0 Å². The van der Waals surface area contributed by atoms with Crippen molar-refractivity contribution in [2.24, 2.45) is 0 Å². The summed E-state index contributed by atoms with van der Waals surface area (Å²) in [5.41, 5.74) is 8.04. The van der Waals surface area contributed by atoms with Crippen LogP contribution in [0.5, 0.6) is 0 Å². The number of carbonyl (C=O) groups excluding carboxylic acids is 1. The van der Waals surface area contributed by atoms with Crippen LogP contribution in [0.2, 0.25) is 0 Å². The van der Waals surface area contributed by atoms with Crippen LogP contribution in [0.25, 0.3) is 17.0 Å². The second kappa shape index (κ2) is 13.9. The average molecular weight is 596 g/mol. The average Bonchev–Trinajstić information content (AvgIpc) is 3.52. The molecule has 1 fully saturated rings. The molecule has 0 atom stereocenters. The van der Waals surface area contributed by atoms with Crippen molar-refractivity contribution in [3.05, 3.63) is 107 Å². The van der Waals surface area contributed by atoms with E-state index in [1.165, 1.54) is 17.0 Å². The van der Waals surface area contributed by atoms with Gasteiger partial charge in [-0.2, -0.15) is 0 Å². The van der Waals surface area contributed by atoms with Gasteiger partial charge in [-0.3, -0.25) is 14.5 Å². The highest BCUT2D eigenvalue weighted by Crippen LogP contribution is 2.36. The summed E-state index contributed by atoms with van der Waals surface area (Å²) in [7, 11) is -0.413. The van der Waals surface area contributed by atoms with E-state index in [-0.39, 0.29) is 30.3 Å². The number of fused-ring (bicyclic) bond motifs is 1. The zero-order valence-electron chi connectivity index (χ0n) is 26.0. The molecule has 1 aliphatic heterocycles. The quantitative estimate of drug-likeness (QED) is 0.117. The van der Waals surface area contributed by atoms with Gasteiger partial charge in [0.2, 0.25) is 0 Å². The third-order valence-electron chi connectivity index (χ3n) is 8.52. The summed E-state index contributed by atoms with van der Waals surface area (Å²) in [6.07, 6.45) is 6.18. The Morgan fingerprint density at radius 2 is 1.64 bits per heavy atom. The number of nitrogens with one attached hydrogen (secondary N) is 2. The minimum absolute atomic E-state index is 0.110. The largest absolute Gasteiger partial charge is 0.494 e. The number of aliphatic hydroxyl groups excluding tert-OH is 1. The molecule has 0 unspecified atom stereocenters. The summed E-state index contributed by atoms with van der Waals surface area (Å²) in [5, 5.41) is 10.9. The van der Waals surface area contributed by atoms with E-state index < -0.39 is 7.12 Å². The highest BCUT2D eigenvalue weighted by molar-refractivity contribution is 6.62. The third-order valence-corrected chi connectivity index (χ3v) is 8.52. The maximum absolute atomic E-state index is 12.3. The number of para-hydroxylation sites is 1. The van der Waals surface area contributed by atoms with Crippen LogP contribution in [0, 0.1) is 0 Å². The summed E-state index contributed by atoms with van der Waals surface area (Å²) in [6, 6.07) is 24.2. The minimum atomic E-state index is -0.413. The number of aromatic nitrogens is 1. The molecule has 0 aliphatic carbocycles. The molecule has 44 heavy (non-hydrogen) atoms. The molecular formula is C35H42BN3O5. The molecule has 3 N–H and O–H groups in total. The normalized spacial score (nSPS) is 15.9. The van der Waals surface area contributed by atoms with E-state index in [4.69, 9.17) is 14.1 Å². The van der Waals surface area contributed by atoms with Crippen LogP contribution in [-0.2, 0) is 38.5 Å². The molecule has 0 bridgehead atoms. The Kier molecular flexibility index (Phi) is 10.0. The number of hydroxylamine groups is 1. The molecule has 1 amide bonds. The molecule has 1 aliphatic rings. The summed E-state index contributed by atoms with van der Waals surface area (Å²) < 4.78 is 12.2. The van der Waals surface area contributed by atoms with Crippen LogP contribution in [0.15, 0.2) is 85.1 Å². The smallest absolute Gasteiger partial charge is 0.399 e. The molecule has 230 valence electrons. The van der Waals surface area contributed by atoms with Crippen LogP contribution < -0.4 is 10.9 Å². The Labute approximate surface area is 260 Å². The number of aromatic amines is 1. The van der Waals surface area contributed by atoms with Crippen molar-refractivity contribution in [2.45, 2.75) is 58.5 Å². The molecule has 0 spiro atoms. The summed E-state index contributed by atoms with van der Waals surface area (Å²) in [4.78, 5) is 23.3. The van der Waals surface area contributed by atoms with Gasteiger partial charge in [0.05, 0.1) is 24.4 Å². The monoisotopic (exact) mass is 595 g/mol. The number of rotatable bonds is 13. The molecule has 0 saturated carbocycles. The molecule has 2 heterocycles. The number of H-pyrrole nitrogens is 1. The van der Waals surface area contributed by atoms with E-state index >= 15 is 0 Å². The van der Waals surface area contributed by atoms with Crippen molar-refractivity contribution < 1.29 is 24.0 Å². The standard InChI is InChI=1S/C35H42BN3O5/c1-34(2)35(3,4)44-36(43-34)30-16-13-28(14-17-30)25-42-38-33(41)18-15-26-9-11-27(12-10-26)24-39(21-22-40)20-19-29-23-37-32-8-6-5-7-31(29)32/h5-18,23,37,40H,19-22,24-25H2,1-4H3,(H,38,41)/b18-15+. The topological polar surface area (TPSA) is 96.0 Å². The SMILES string of the molecule is CC1(C)OB(c2ccc(CONC(=O)/C=C/c3ccc(CN(CCO)CCc4c[nH]c5ccccc45)cc3)cc2)OC1(C)C. The van der Waals surface area contributed by atoms with E-state index in [9.17, 15) is 9.90 Å². The predicted octanol–water partition coefficient (Wildman–Crippen LogP) is 4.77. The highest BCUT2D eigenvalue weighted by atomic mass is 16.7. The Morgan fingerprint density at radius 3 is 2.34 bits per heavy atom. The van der Waals surface area contributed by atoms with Gasteiger partial charge in [0.1, 0.15) is 0 Å². The fourth-order valence-electron chi connectivity index (χ4n) is 5.17. The van der Waals surface area contributed by atoms with E-state index in [0.717, 1.165) is 47.2 Å². The number of hydrogen-bond acceptors (Lipinski definition) is 6. The molecule has 8 nitrogen and oxygen atoms in total. The zero-order chi connectivity index (χ0) is 31.2. The highest BCUT2D eigenvalue weighted by Gasteiger charge is 2.51. The van der Waals surface area contributed by atoms with Crippen LogP contribution in [0.3, 0.4) is 0 Å². The molecular weight excluding hydrogens is 553 g/mol.